The molecule has 0 saturated heterocycles. The second-order valence-corrected chi connectivity index (χ2v) is 12.0. The topological polar surface area (TPSA) is 93.7 Å². The predicted molar refractivity (Wildman–Crippen MR) is 129 cm³/mol. The molecule has 0 aliphatic carbocycles. The Hall–Kier alpha value is -2.41. The minimum Gasteiger partial charge on any atom is -0.444 e. The number of amides is 2. The first kappa shape index (κ1) is 28.8. The van der Waals surface area contributed by atoms with Crippen molar-refractivity contribution in [1.29, 1.82) is 0 Å². The number of hydrogen-bond donors (Lipinski definition) is 1. The highest BCUT2D eigenvalue weighted by Gasteiger charge is 2.33. The lowest BCUT2D eigenvalue weighted by Gasteiger charge is -2.30. The van der Waals surface area contributed by atoms with E-state index in [1.807, 2.05) is 0 Å². The van der Waals surface area contributed by atoms with Crippen LogP contribution in [0.15, 0.2) is 28.3 Å². The summed E-state index contributed by atoms with van der Waals surface area (Å²) in [7, 11) is 0. The Kier molecular flexibility index (Phi) is 9.15. The van der Waals surface area contributed by atoms with E-state index in [1.165, 1.54) is 28.5 Å². The van der Waals surface area contributed by atoms with Gasteiger partial charge in [-0.3, -0.25) is 9.88 Å². The lowest BCUT2D eigenvalue weighted by atomic mass is 10.1. The second-order valence-electron chi connectivity index (χ2n) is 9.63. The molecule has 0 aliphatic rings. The van der Waals surface area contributed by atoms with Crippen LogP contribution in [0.4, 0.5) is 27.9 Å². The third-order valence-electron chi connectivity index (χ3n) is 4.03. The Morgan fingerprint density at radius 3 is 2.14 bits per heavy atom. The highest BCUT2D eigenvalue weighted by atomic mass is 79.9. The Balaban J connectivity index is 2.34. The lowest BCUT2D eigenvalue weighted by molar-refractivity contribution is -0.141. The van der Waals surface area contributed by atoms with Crippen LogP contribution in [0.1, 0.15) is 52.8 Å². The maximum Gasteiger partial charge on any atom is 0.433 e. The third-order valence-corrected chi connectivity index (χ3v) is 5.53. The van der Waals surface area contributed by atoms with Gasteiger partial charge in [0, 0.05) is 6.20 Å². The number of pyridine rings is 1. The van der Waals surface area contributed by atoms with Gasteiger partial charge in [0.15, 0.2) is 5.13 Å². The molecular weight excluding hydrogens is 553 g/mol. The normalized spacial score (nSPS) is 13.2. The van der Waals surface area contributed by atoms with Crippen molar-refractivity contribution in [3.8, 4) is 0 Å². The summed E-state index contributed by atoms with van der Waals surface area (Å²) < 4.78 is 50.2. The maximum atomic E-state index is 13.0. The molecule has 2 amide bonds. The molecule has 0 radical (unpaired) electrons. The van der Waals surface area contributed by atoms with Crippen molar-refractivity contribution < 1.29 is 32.2 Å². The van der Waals surface area contributed by atoms with Gasteiger partial charge in [0.25, 0.3) is 0 Å². The SMILES string of the molecule is CC(C)(C)OC(=O)N[C@H](Cc1ccc(C(F)(F)F)nc1)CN(C(=O)OC(C)(C)C)c1ncc(Br)s1. The summed E-state index contributed by atoms with van der Waals surface area (Å²) in [5, 5.41) is 3.01. The average molecular weight is 581 g/mol. The van der Waals surface area contributed by atoms with E-state index in [1.54, 1.807) is 41.5 Å². The van der Waals surface area contributed by atoms with Crippen LogP contribution in [0.5, 0.6) is 0 Å². The summed E-state index contributed by atoms with van der Waals surface area (Å²) >= 11 is 4.50. The number of rotatable bonds is 6. The van der Waals surface area contributed by atoms with Crippen molar-refractivity contribution in [1.82, 2.24) is 15.3 Å². The quantitative estimate of drug-likeness (QED) is 0.437. The molecular formula is C22H28BrF3N4O4S. The smallest absolute Gasteiger partial charge is 0.433 e. The molecule has 2 rings (SSSR count). The Bertz CT molecular complexity index is 1020. The van der Waals surface area contributed by atoms with E-state index >= 15 is 0 Å². The summed E-state index contributed by atoms with van der Waals surface area (Å²) in [4.78, 5) is 34.5. The first-order valence-corrected chi connectivity index (χ1v) is 12.2. The molecule has 0 spiro atoms. The molecule has 35 heavy (non-hydrogen) atoms. The highest BCUT2D eigenvalue weighted by molar-refractivity contribution is 9.11. The minimum atomic E-state index is -4.57. The molecule has 1 N–H and O–H groups in total. The molecule has 2 aromatic heterocycles. The number of alkyl carbamates (subject to hydrolysis) is 1. The number of alkyl halides is 3. The fourth-order valence-corrected chi connectivity index (χ4v) is 3.95. The Labute approximate surface area is 214 Å². The molecule has 2 aromatic rings. The van der Waals surface area contributed by atoms with Crippen molar-refractivity contribution in [3.63, 3.8) is 0 Å². The molecule has 8 nitrogen and oxygen atoms in total. The molecule has 0 unspecified atom stereocenters. The molecule has 13 heteroatoms. The van der Waals surface area contributed by atoms with Crippen molar-refractivity contribution in [2.24, 2.45) is 0 Å². The third kappa shape index (κ3) is 10.0. The standard InChI is InChI=1S/C22H28BrF3N4O4S/c1-20(2,3)33-18(31)29-14(9-13-7-8-15(27-10-13)22(24,25)26)12-30(17-28-11-16(23)35-17)19(32)34-21(4,5)6/h7-8,10-11,14H,9,12H2,1-6H3,(H,29,31)/t14-/m1/s1. The molecule has 0 fully saturated rings. The van der Waals surface area contributed by atoms with Crippen LogP contribution < -0.4 is 10.2 Å². The summed E-state index contributed by atoms with van der Waals surface area (Å²) in [6.07, 6.45) is -3.33. The van der Waals surface area contributed by atoms with Crippen molar-refractivity contribution in [3.05, 3.63) is 39.6 Å². The van der Waals surface area contributed by atoms with Crippen LogP contribution in [0.3, 0.4) is 0 Å². The summed E-state index contributed by atoms with van der Waals surface area (Å²) in [5.74, 6) is 0. The van der Waals surface area contributed by atoms with Gasteiger partial charge in [-0.25, -0.2) is 14.6 Å². The highest BCUT2D eigenvalue weighted by Crippen LogP contribution is 2.29. The number of carbonyl (C=O) groups is 2. The largest absolute Gasteiger partial charge is 0.444 e. The second kappa shape index (κ2) is 11.1. The van der Waals surface area contributed by atoms with Crippen molar-refractivity contribution in [2.45, 2.75) is 71.4 Å². The number of carbonyl (C=O) groups excluding carboxylic acids is 2. The van der Waals surface area contributed by atoms with E-state index in [-0.39, 0.29) is 13.0 Å². The minimum absolute atomic E-state index is 0.0657. The van der Waals surface area contributed by atoms with E-state index in [2.05, 4.69) is 31.2 Å². The number of hydrogen-bond acceptors (Lipinski definition) is 7. The van der Waals surface area contributed by atoms with Crippen LogP contribution >= 0.6 is 27.3 Å². The van der Waals surface area contributed by atoms with Gasteiger partial charge in [-0.05, 0) is 75.5 Å². The number of halogens is 4. The van der Waals surface area contributed by atoms with Gasteiger partial charge in [0.05, 0.1) is 22.6 Å². The Morgan fingerprint density at radius 2 is 1.69 bits per heavy atom. The molecule has 0 aromatic carbocycles. The zero-order valence-corrected chi connectivity index (χ0v) is 22.6. The molecule has 2 heterocycles. The van der Waals surface area contributed by atoms with Gasteiger partial charge in [0.2, 0.25) is 0 Å². The Morgan fingerprint density at radius 1 is 1.06 bits per heavy atom. The van der Waals surface area contributed by atoms with Gasteiger partial charge in [0.1, 0.15) is 16.9 Å². The molecule has 0 aliphatic heterocycles. The number of nitrogens with one attached hydrogen (secondary N) is 1. The average Bonchev–Trinajstić information content (AvgIpc) is 3.08. The van der Waals surface area contributed by atoms with Crippen molar-refractivity contribution >= 4 is 44.6 Å². The zero-order chi connectivity index (χ0) is 26.6. The summed E-state index contributed by atoms with van der Waals surface area (Å²) in [6.45, 7) is 10.1. The van der Waals surface area contributed by atoms with Crippen LogP contribution in [-0.4, -0.2) is 45.9 Å². The zero-order valence-electron chi connectivity index (χ0n) is 20.2. The van der Waals surface area contributed by atoms with Crippen LogP contribution in [0.2, 0.25) is 0 Å². The molecule has 194 valence electrons. The number of anilines is 1. The van der Waals surface area contributed by atoms with Crippen LogP contribution in [0, 0.1) is 0 Å². The van der Waals surface area contributed by atoms with E-state index in [4.69, 9.17) is 9.47 Å². The van der Waals surface area contributed by atoms with E-state index < -0.39 is 41.3 Å². The first-order chi connectivity index (χ1) is 15.9. The first-order valence-electron chi connectivity index (χ1n) is 10.6. The fourth-order valence-electron chi connectivity index (χ4n) is 2.77. The number of aromatic nitrogens is 2. The van der Waals surface area contributed by atoms with Gasteiger partial charge in [-0.2, -0.15) is 13.2 Å². The fraction of sp³-hybridized carbons (Fsp3) is 0.545. The molecule has 0 saturated carbocycles. The molecule has 0 bridgehead atoms. The summed E-state index contributed by atoms with van der Waals surface area (Å²) in [6, 6.07) is 1.37. The van der Waals surface area contributed by atoms with E-state index in [0.29, 0.717) is 14.5 Å². The number of thiazole rings is 1. The van der Waals surface area contributed by atoms with Gasteiger partial charge in [-0.15, -0.1) is 0 Å². The summed E-state index contributed by atoms with van der Waals surface area (Å²) in [5.41, 5.74) is -2.19. The number of nitrogens with zero attached hydrogens (tertiary/aromatic N) is 3. The lowest BCUT2D eigenvalue weighted by Crippen LogP contribution is -2.49. The van der Waals surface area contributed by atoms with E-state index in [9.17, 15) is 22.8 Å². The monoisotopic (exact) mass is 580 g/mol. The van der Waals surface area contributed by atoms with Gasteiger partial charge >= 0.3 is 18.4 Å². The van der Waals surface area contributed by atoms with Crippen LogP contribution in [0.25, 0.3) is 0 Å². The van der Waals surface area contributed by atoms with Crippen LogP contribution in [-0.2, 0) is 22.1 Å². The molecule has 1 atom stereocenters. The number of ether oxygens (including phenoxy) is 2. The van der Waals surface area contributed by atoms with E-state index in [0.717, 1.165) is 12.3 Å². The van der Waals surface area contributed by atoms with Gasteiger partial charge < -0.3 is 14.8 Å². The van der Waals surface area contributed by atoms with Crippen molar-refractivity contribution in [2.75, 3.05) is 11.4 Å². The predicted octanol–water partition coefficient (Wildman–Crippen LogP) is 6.20. The van der Waals surface area contributed by atoms with Gasteiger partial charge in [-0.1, -0.05) is 17.4 Å². The maximum absolute atomic E-state index is 13.0.